The third kappa shape index (κ3) is 3.23. The maximum absolute atomic E-state index is 12.6. The zero-order valence-electron chi connectivity index (χ0n) is 12.6. The number of carbonyl (C=O) groups is 1. The van der Waals surface area contributed by atoms with Crippen molar-refractivity contribution < 1.29 is 9.53 Å². The maximum atomic E-state index is 12.6. The van der Waals surface area contributed by atoms with Gasteiger partial charge in [-0.05, 0) is 48.3 Å². The van der Waals surface area contributed by atoms with E-state index in [1.54, 1.807) is 11.3 Å². The van der Waals surface area contributed by atoms with Crippen LogP contribution in [0, 0.1) is 0 Å². The number of hydrogen-bond acceptors (Lipinski definition) is 4. The standard InChI is InChI=1S/C16H25NO2S/c1-3-17(4-2)10-11-19-15(18)16(8-5-6-9-16)14-7-12-20-13-14/h7,12-13H,3-6,8-11H2,1-2H3. The molecule has 0 aromatic carbocycles. The predicted octanol–water partition coefficient (Wildman–Crippen LogP) is 3.44. The zero-order chi connectivity index (χ0) is 14.4. The molecule has 1 fully saturated rings. The molecule has 112 valence electrons. The largest absolute Gasteiger partial charge is 0.464 e. The Bertz CT molecular complexity index is 406. The summed E-state index contributed by atoms with van der Waals surface area (Å²) in [6, 6.07) is 2.08. The van der Waals surface area contributed by atoms with Crippen molar-refractivity contribution in [2.75, 3.05) is 26.2 Å². The van der Waals surface area contributed by atoms with Crippen LogP contribution in [0.1, 0.15) is 45.1 Å². The van der Waals surface area contributed by atoms with Crippen molar-refractivity contribution in [1.29, 1.82) is 0 Å². The fourth-order valence-electron chi connectivity index (χ4n) is 3.07. The van der Waals surface area contributed by atoms with Crippen molar-refractivity contribution in [3.05, 3.63) is 22.4 Å². The lowest BCUT2D eigenvalue weighted by molar-refractivity contribution is -0.151. The normalized spacial score (nSPS) is 17.6. The van der Waals surface area contributed by atoms with Gasteiger partial charge in [-0.25, -0.2) is 0 Å². The van der Waals surface area contributed by atoms with Crippen LogP contribution in [0.3, 0.4) is 0 Å². The first kappa shape index (κ1) is 15.5. The van der Waals surface area contributed by atoms with Crippen LogP contribution in [0.15, 0.2) is 16.8 Å². The monoisotopic (exact) mass is 295 g/mol. The minimum atomic E-state index is -0.358. The number of ether oxygens (including phenoxy) is 1. The molecule has 1 aliphatic rings. The molecule has 4 heteroatoms. The molecule has 1 saturated carbocycles. The number of nitrogens with zero attached hydrogens (tertiary/aromatic N) is 1. The van der Waals surface area contributed by atoms with E-state index in [0.717, 1.165) is 50.9 Å². The number of likely N-dealkylation sites (N-methyl/N-ethyl adjacent to an activating group) is 1. The molecule has 0 bridgehead atoms. The van der Waals surface area contributed by atoms with E-state index in [9.17, 15) is 4.79 Å². The van der Waals surface area contributed by atoms with Crippen LogP contribution in [-0.4, -0.2) is 37.1 Å². The minimum Gasteiger partial charge on any atom is -0.464 e. The third-order valence-electron chi connectivity index (χ3n) is 4.46. The summed E-state index contributed by atoms with van der Waals surface area (Å²) in [5.41, 5.74) is 0.802. The molecule has 0 unspecified atom stereocenters. The van der Waals surface area contributed by atoms with Crippen molar-refractivity contribution in [2.45, 2.75) is 44.9 Å². The summed E-state index contributed by atoms with van der Waals surface area (Å²) in [6.07, 6.45) is 4.13. The molecular weight excluding hydrogens is 270 g/mol. The Morgan fingerprint density at radius 1 is 1.35 bits per heavy atom. The average Bonchev–Trinajstić information content (AvgIpc) is 3.14. The predicted molar refractivity (Wildman–Crippen MR) is 83.2 cm³/mol. The lowest BCUT2D eigenvalue weighted by Gasteiger charge is -2.27. The van der Waals surface area contributed by atoms with Gasteiger partial charge in [0.1, 0.15) is 6.61 Å². The number of carbonyl (C=O) groups excluding carboxylic acids is 1. The van der Waals surface area contributed by atoms with E-state index in [2.05, 4.69) is 35.6 Å². The molecule has 20 heavy (non-hydrogen) atoms. The van der Waals surface area contributed by atoms with Gasteiger partial charge in [0.15, 0.2) is 0 Å². The Labute approximate surface area is 125 Å². The quantitative estimate of drug-likeness (QED) is 0.722. The molecule has 0 amide bonds. The summed E-state index contributed by atoms with van der Waals surface area (Å²) < 4.78 is 5.61. The summed E-state index contributed by atoms with van der Waals surface area (Å²) in [6.45, 7) is 7.61. The number of esters is 1. The van der Waals surface area contributed by atoms with Gasteiger partial charge in [-0.1, -0.05) is 26.7 Å². The van der Waals surface area contributed by atoms with Crippen molar-refractivity contribution in [1.82, 2.24) is 4.90 Å². The second-order valence-corrected chi connectivity index (χ2v) is 6.24. The van der Waals surface area contributed by atoms with Gasteiger partial charge in [-0.15, -0.1) is 0 Å². The summed E-state index contributed by atoms with van der Waals surface area (Å²) in [5.74, 6) is -0.0134. The van der Waals surface area contributed by atoms with Crippen molar-refractivity contribution >= 4 is 17.3 Å². The van der Waals surface area contributed by atoms with E-state index in [1.807, 2.05) is 0 Å². The molecule has 1 aromatic heterocycles. The van der Waals surface area contributed by atoms with Gasteiger partial charge in [-0.2, -0.15) is 11.3 Å². The van der Waals surface area contributed by atoms with Gasteiger partial charge in [0.2, 0.25) is 0 Å². The third-order valence-corrected chi connectivity index (χ3v) is 5.14. The van der Waals surface area contributed by atoms with E-state index >= 15 is 0 Å². The highest BCUT2D eigenvalue weighted by molar-refractivity contribution is 7.08. The van der Waals surface area contributed by atoms with Crippen LogP contribution < -0.4 is 0 Å². The fraction of sp³-hybridized carbons (Fsp3) is 0.688. The molecule has 1 heterocycles. The highest BCUT2D eigenvalue weighted by Crippen LogP contribution is 2.42. The van der Waals surface area contributed by atoms with Crippen LogP contribution in [0.2, 0.25) is 0 Å². The van der Waals surface area contributed by atoms with E-state index in [1.165, 1.54) is 0 Å². The second-order valence-electron chi connectivity index (χ2n) is 5.46. The van der Waals surface area contributed by atoms with Gasteiger partial charge in [0.25, 0.3) is 0 Å². The summed E-state index contributed by atoms with van der Waals surface area (Å²) in [5, 5.41) is 4.16. The van der Waals surface area contributed by atoms with E-state index in [4.69, 9.17) is 4.74 Å². The summed E-state index contributed by atoms with van der Waals surface area (Å²) >= 11 is 1.66. The smallest absolute Gasteiger partial charge is 0.316 e. The molecule has 0 saturated heterocycles. The van der Waals surface area contributed by atoms with Gasteiger partial charge in [0, 0.05) is 6.54 Å². The van der Waals surface area contributed by atoms with Gasteiger partial charge in [0.05, 0.1) is 5.41 Å². The maximum Gasteiger partial charge on any atom is 0.316 e. The Morgan fingerprint density at radius 3 is 2.60 bits per heavy atom. The number of rotatable bonds is 7. The number of hydrogen-bond donors (Lipinski definition) is 0. The van der Waals surface area contributed by atoms with Crippen molar-refractivity contribution in [2.24, 2.45) is 0 Å². The molecule has 2 rings (SSSR count). The molecule has 0 atom stereocenters. The van der Waals surface area contributed by atoms with E-state index in [0.29, 0.717) is 6.61 Å². The SMILES string of the molecule is CCN(CC)CCOC(=O)C1(c2ccsc2)CCCC1. The number of thiophene rings is 1. The molecular formula is C16H25NO2S. The topological polar surface area (TPSA) is 29.5 Å². The first-order valence-electron chi connectivity index (χ1n) is 7.65. The molecule has 0 radical (unpaired) electrons. The molecule has 1 aromatic rings. The molecule has 0 N–H and O–H groups in total. The fourth-order valence-corrected chi connectivity index (χ4v) is 3.83. The Morgan fingerprint density at radius 2 is 2.05 bits per heavy atom. The van der Waals surface area contributed by atoms with Crippen LogP contribution in [-0.2, 0) is 14.9 Å². The van der Waals surface area contributed by atoms with Crippen LogP contribution in [0.25, 0.3) is 0 Å². The molecule has 3 nitrogen and oxygen atoms in total. The first-order chi connectivity index (χ1) is 9.73. The second kappa shape index (κ2) is 7.23. The Kier molecular flexibility index (Phi) is 5.61. The van der Waals surface area contributed by atoms with E-state index < -0.39 is 0 Å². The van der Waals surface area contributed by atoms with Crippen LogP contribution in [0.4, 0.5) is 0 Å². The first-order valence-corrected chi connectivity index (χ1v) is 8.59. The van der Waals surface area contributed by atoms with Crippen molar-refractivity contribution in [3.8, 4) is 0 Å². The lowest BCUT2D eigenvalue weighted by Crippen LogP contribution is -2.36. The highest BCUT2D eigenvalue weighted by atomic mass is 32.1. The Balaban J connectivity index is 1.95. The molecule has 0 aliphatic heterocycles. The highest BCUT2D eigenvalue weighted by Gasteiger charge is 2.44. The van der Waals surface area contributed by atoms with Gasteiger partial charge in [-0.3, -0.25) is 4.79 Å². The Hall–Kier alpha value is -0.870. The van der Waals surface area contributed by atoms with Gasteiger partial charge >= 0.3 is 5.97 Å². The van der Waals surface area contributed by atoms with Gasteiger partial charge < -0.3 is 9.64 Å². The molecule has 1 aliphatic carbocycles. The van der Waals surface area contributed by atoms with Crippen molar-refractivity contribution in [3.63, 3.8) is 0 Å². The molecule has 0 spiro atoms. The minimum absolute atomic E-state index is 0.0134. The average molecular weight is 295 g/mol. The summed E-state index contributed by atoms with van der Waals surface area (Å²) in [7, 11) is 0. The van der Waals surface area contributed by atoms with Crippen LogP contribution >= 0.6 is 11.3 Å². The van der Waals surface area contributed by atoms with Crippen LogP contribution in [0.5, 0.6) is 0 Å². The summed E-state index contributed by atoms with van der Waals surface area (Å²) in [4.78, 5) is 14.9. The zero-order valence-corrected chi connectivity index (χ0v) is 13.4. The van der Waals surface area contributed by atoms with E-state index in [-0.39, 0.29) is 11.4 Å². The lowest BCUT2D eigenvalue weighted by atomic mass is 9.80.